The lowest BCUT2D eigenvalue weighted by Gasteiger charge is -2.34. The molecule has 1 aliphatic heterocycles. The molecule has 0 bridgehead atoms. The highest BCUT2D eigenvalue weighted by Gasteiger charge is 2.27. The van der Waals surface area contributed by atoms with Gasteiger partial charge < -0.3 is 15.4 Å². The highest BCUT2D eigenvalue weighted by molar-refractivity contribution is 5.77. The molecule has 0 aromatic carbocycles. The molecule has 1 aromatic heterocycles. The molecule has 2 heterocycles. The molecular formula is C16H25N3O2. The number of rotatable bonds is 3. The number of piperidine rings is 1. The summed E-state index contributed by atoms with van der Waals surface area (Å²) in [6.45, 7) is 7.67. The fourth-order valence-electron chi connectivity index (χ4n) is 2.49. The number of anilines is 1. The van der Waals surface area contributed by atoms with Crippen LogP contribution in [0.5, 0.6) is 5.88 Å². The number of carbonyl (C=O) groups excluding carboxylic acids is 1. The Labute approximate surface area is 126 Å². The van der Waals surface area contributed by atoms with Crippen molar-refractivity contribution >= 4 is 11.6 Å². The number of nitrogens with two attached hydrogens (primary N) is 1. The number of nitrogen functional groups attached to an aromatic ring is 1. The zero-order valence-electron chi connectivity index (χ0n) is 13.1. The van der Waals surface area contributed by atoms with Crippen LogP contribution in [0.15, 0.2) is 18.3 Å². The average molecular weight is 291 g/mol. The van der Waals surface area contributed by atoms with Crippen LogP contribution in [0.1, 0.15) is 40.0 Å². The van der Waals surface area contributed by atoms with Crippen molar-refractivity contribution in [2.75, 3.05) is 18.8 Å². The first-order valence-corrected chi connectivity index (χ1v) is 7.50. The highest BCUT2D eigenvalue weighted by atomic mass is 16.5. The van der Waals surface area contributed by atoms with Gasteiger partial charge in [-0.2, -0.15) is 0 Å². The molecule has 116 valence electrons. The van der Waals surface area contributed by atoms with Crippen LogP contribution < -0.4 is 10.5 Å². The van der Waals surface area contributed by atoms with Crippen LogP contribution in [0.3, 0.4) is 0 Å². The standard InChI is InChI=1S/C16H25N3O2/c1-16(2,3)10-14(20)19-9-5-6-12(11-19)21-15-13(17)7-4-8-18-15/h4,7-8,12H,5-6,9-11,17H2,1-3H3/t12-/m0/s1. The number of ether oxygens (including phenoxy) is 1. The maximum atomic E-state index is 12.3. The molecule has 0 radical (unpaired) electrons. The molecule has 2 rings (SSSR count). The number of likely N-dealkylation sites (tertiary alicyclic amines) is 1. The fourth-order valence-corrected chi connectivity index (χ4v) is 2.49. The first-order chi connectivity index (χ1) is 9.85. The molecule has 1 fully saturated rings. The smallest absolute Gasteiger partial charge is 0.237 e. The third-order valence-corrected chi connectivity index (χ3v) is 3.49. The SMILES string of the molecule is CC(C)(C)CC(=O)N1CCC[C@H](Oc2ncccc2N)C1. The number of hydrogen-bond donors (Lipinski definition) is 1. The summed E-state index contributed by atoms with van der Waals surface area (Å²) in [6.07, 6.45) is 4.07. The van der Waals surface area contributed by atoms with E-state index in [0.29, 0.717) is 24.5 Å². The average Bonchev–Trinajstić information content (AvgIpc) is 2.40. The zero-order chi connectivity index (χ0) is 15.5. The lowest BCUT2D eigenvalue weighted by atomic mass is 9.91. The van der Waals surface area contributed by atoms with E-state index in [2.05, 4.69) is 25.8 Å². The maximum absolute atomic E-state index is 12.3. The largest absolute Gasteiger partial charge is 0.471 e. The summed E-state index contributed by atoms with van der Waals surface area (Å²) >= 11 is 0. The van der Waals surface area contributed by atoms with Crippen molar-refractivity contribution in [3.8, 4) is 5.88 Å². The van der Waals surface area contributed by atoms with E-state index in [4.69, 9.17) is 10.5 Å². The normalized spacial score (nSPS) is 19.4. The fraction of sp³-hybridized carbons (Fsp3) is 0.625. The second kappa shape index (κ2) is 6.33. The van der Waals surface area contributed by atoms with Gasteiger partial charge in [-0.25, -0.2) is 4.98 Å². The van der Waals surface area contributed by atoms with E-state index in [1.54, 1.807) is 18.3 Å². The van der Waals surface area contributed by atoms with Crippen LogP contribution in [0.2, 0.25) is 0 Å². The summed E-state index contributed by atoms with van der Waals surface area (Å²) < 4.78 is 5.87. The van der Waals surface area contributed by atoms with Crippen molar-refractivity contribution in [1.29, 1.82) is 0 Å². The molecule has 0 unspecified atom stereocenters. The van der Waals surface area contributed by atoms with Gasteiger partial charge in [-0.1, -0.05) is 20.8 Å². The van der Waals surface area contributed by atoms with Gasteiger partial charge >= 0.3 is 0 Å². The molecule has 5 nitrogen and oxygen atoms in total. The van der Waals surface area contributed by atoms with Crippen LogP contribution in [-0.2, 0) is 4.79 Å². The van der Waals surface area contributed by atoms with Crippen molar-refractivity contribution in [1.82, 2.24) is 9.88 Å². The van der Waals surface area contributed by atoms with E-state index in [1.165, 1.54) is 0 Å². The van der Waals surface area contributed by atoms with Crippen LogP contribution >= 0.6 is 0 Å². The first-order valence-electron chi connectivity index (χ1n) is 7.50. The van der Waals surface area contributed by atoms with Crippen molar-refractivity contribution < 1.29 is 9.53 Å². The maximum Gasteiger partial charge on any atom is 0.237 e. The van der Waals surface area contributed by atoms with Gasteiger partial charge in [-0.05, 0) is 30.4 Å². The third-order valence-electron chi connectivity index (χ3n) is 3.49. The van der Waals surface area contributed by atoms with Gasteiger partial charge in [0.05, 0.1) is 12.2 Å². The van der Waals surface area contributed by atoms with Crippen LogP contribution in [-0.4, -0.2) is 35.0 Å². The Balaban J connectivity index is 1.95. The topological polar surface area (TPSA) is 68.5 Å². The number of nitrogens with zero attached hydrogens (tertiary/aromatic N) is 2. The Morgan fingerprint density at radius 3 is 2.95 bits per heavy atom. The minimum Gasteiger partial charge on any atom is -0.471 e. The van der Waals surface area contributed by atoms with Crippen LogP contribution in [0.25, 0.3) is 0 Å². The van der Waals surface area contributed by atoms with Gasteiger partial charge in [-0.3, -0.25) is 4.79 Å². The summed E-state index contributed by atoms with van der Waals surface area (Å²) in [7, 11) is 0. The Morgan fingerprint density at radius 2 is 2.29 bits per heavy atom. The molecule has 1 atom stereocenters. The Kier molecular flexibility index (Phi) is 4.70. The molecule has 1 amide bonds. The third kappa shape index (κ3) is 4.62. The van der Waals surface area contributed by atoms with Crippen molar-refractivity contribution in [2.45, 2.75) is 46.1 Å². The highest BCUT2D eigenvalue weighted by Crippen LogP contribution is 2.24. The van der Waals surface area contributed by atoms with E-state index in [0.717, 1.165) is 19.4 Å². The monoisotopic (exact) mass is 291 g/mol. The van der Waals surface area contributed by atoms with Gasteiger partial charge in [0.1, 0.15) is 6.10 Å². The van der Waals surface area contributed by atoms with Gasteiger partial charge in [0, 0.05) is 19.2 Å². The molecule has 0 aliphatic carbocycles. The molecule has 0 spiro atoms. The van der Waals surface area contributed by atoms with E-state index in [9.17, 15) is 4.79 Å². The second-order valence-corrected chi connectivity index (χ2v) is 6.86. The molecule has 1 aromatic rings. The summed E-state index contributed by atoms with van der Waals surface area (Å²) in [5.41, 5.74) is 6.40. The molecule has 1 saturated heterocycles. The number of carbonyl (C=O) groups is 1. The van der Waals surface area contributed by atoms with Crippen LogP contribution in [0.4, 0.5) is 5.69 Å². The van der Waals surface area contributed by atoms with E-state index in [-0.39, 0.29) is 17.4 Å². The zero-order valence-corrected chi connectivity index (χ0v) is 13.1. The second-order valence-electron chi connectivity index (χ2n) is 6.86. The number of hydrogen-bond acceptors (Lipinski definition) is 4. The van der Waals surface area contributed by atoms with Crippen LogP contribution in [0, 0.1) is 5.41 Å². The molecule has 1 aliphatic rings. The van der Waals surface area contributed by atoms with Crippen molar-refractivity contribution in [3.63, 3.8) is 0 Å². The summed E-state index contributed by atoms with van der Waals surface area (Å²) in [5.74, 6) is 0.664. The number of aromatic nitrogens is 1. The van der Waals surface area contributed by atoms with Crippen molar-refractivity contribution in [3.05, 3.63) is 18.3 Å². The number of pyridine rings is 1. The Hall–Kier alpha value is -1.78. The molecule has 5 heteroatoms. The summed E-state index contributed by atoms with van der Waals surface area (Å²) in [6, 6.07) is 3.55. The lowest BCUT2D eigenvalue weighted by Crippen LogP contribution is -2.45. The van der Waals surface area contributed by atoms with Crippen molar-refractivity contribution in [2.24, 2.45) is 5.41 Å². The Bertz CT molecular complexity index is 497. The predicted octanol–water partition coefficient (Wildman–Crippen LogP) is 2.47. The molecule has 21 heavy (non-hydrogen) atoms. The minimum absolute atomic E-state index is 0.0102. The molecule has 2 N–H and O–H groups in total. The van der Waals surface area contributed by atoms with Gasteiger partial charge in [-0.15, -0.1) is 0 Å². The van der Waals surface area contributed by atoms with E-state index >= 15 is 0 Å². The summed E-state index contributed by atoms with van der Waals surface area (Å²) in [4.78, 5) is 18.4. The molecular weight excluding hydrogens is 266 g/mol. The summed E-state index contributed by atoms with van der Waals surface area (Å²) in [5, 5.41) is 0. The lowest BCUT2D eigenvalue weighted by molar-refractivity contribution is -0.135. The first kappa shape index (κ1) is 15.6. The van der Waals surface area contributed by atoms with Gasteiger partial charge in [0.25, 0.3) is 0 Å². The van der Waals surface area contributed by atoms with Gasteiger partial charge in [0.2, 0.25) is 11.8 Å². The van der Waals surface area contributed by atoms with Gasteiger partial charge in [0.15, 0.2) is 0 Å². The van der Waals surface area contributed by atoms with E-state index in [1.807, 2.05) is 4.90 Å². The quantitative estimate of drug-likeness (QED) is 0.929. The molecule has 0 saturated carbocycles. The Morgan fingerprint density at radius 1 is 1.52 bits per heavy atom. The predicted molar refractivity (Wildman–Crippen MR) is 83.0 cm³/mol. The van der Waals surface area contributed by atoms with E-state index < -0.39 is 0 Å². The minimum atomic E-state index is -0.0279. The number of amides is 1.